The monoisotopic (exact) mass is 409 g/mol. The van der Waals surface area contributed by atoms with Crippen LogP contribution in [0.5, 0.6) is 0 Å². The largest absolute Gasteiger partial charge is 0.386 e. The summed E-state index contributed by atoms with van der Waals surface area (Å²) in [5, 5.41) is 22.4. The van der Waals surface area contributed by atoms with Crippen molar-refractivity contribution in [3.63, 3.8) is 0 Å². The number of hydrogen-bond donors (Lipinski definition) is 3. The number of likely N-dealkylation sites (N-methyl/N-ethyl adjacent to an activating group) is 1. The van der Waals surface area contributed by atoms with Crippen molar-refractivity contribution in [2.45, 2.75) is 24.2 Å². The van der Waals surface area contributed by atoms with Crippen molar-refractivity contribution in [2.75, 3.05) is 26.8 Å². The molecule has 1 aliphatic rings. The van der Waals surface area contributed by atoms with E-state index in [0.717, 1.165) is 11.1 Å². The zero-order chi connectivity index (χ0) is 21.2. The maximum Gasteiger partial charge on any atom is 0.315 e. The van der Waals surface area contributed by atoms with E-state index in [4.69, 9.17) is 0 Å². The molecule has 1 fully saturated rings. The van der Waals surface area contributed by atoms with Gasteiger partial charge in [-0.1, -0.05) is 30.3 Å². The van der Waals surface area contributed by atoms with Crippen molar-refractivity contribution < 1.29 is 28.2 Å². The standard InChI is InChI=1S/C20H22F3N3O3/c1-26-10-20(29,11-26)16-7-6-14(9-24-16)12-2-4-13(5-3-12)17(27)15(8-21)25-19(28)18(22)23/h2-7,9,15,17-18,27,29H,8,10-11H2,1H3,(H,25,28). The molecule has 2 heterocycles. The molecule has 1 aliphatic heterocycles. The third-order valence-corrected chi connectivity index (χ3v) is 4.96. The maximum absolute atomic E-state index is 13.1. The molecule has 29 heavy (non-hydrogen) atoms. The Labute approximate surface area is 166 Å². The third kappa shape index (κ3) is 4.58. The Balaban J connectivity index is 1.70. The molecule has 3 rings (SSSR count). The fraction of sp³-hybridized carbons (Fsp3) is 0.400. The maximum atomic E-state index is 13.1. The molecule has 2 atom stereocenters. The minimum absolute atomic E-state index is 0.280. The second kappa shape index (κ2) is 8.48. The highest BCUT2D eigenvalue weighted by Crippen LogP contribution is 2.30. The van der Waals surface area contributed by atoms with Gasteiger partial charge in [-0.15, -0.1) is 0 Å². The Kier molecular flexibility index (Phi) is 6.21. The summed E-state index contributed by atoms with van der Waals surface area (Å²) in [5.74, 6) is -1.63. The summed E-state index contributed by atoms with van der Waals surface area (Å²) in [7, 11) is 1.91. The average molecular weight is 409 g/mol. The number of nitrogens with zero attached hydrogens (tertiary/aromatic N) is 2. The second-order valence-electron chi connectivity index (χ2n) is 7.27. The SMILES string of the molecule is CN1CC(O)(c2ccc(-c3ccc(C(O)C(CF)NC(=O)C(F)F)cc3)cn2)C1. The topological polar surface area (TPSA) is 85.7 Å². The van der Waals surface area contributed by atoms with Gasteiger partial charge >= 0.3 is 6.43 Å². The number of nitrogens with one attached hydrogen (secondary N) is 1. The minimum Gasteiger partial charge on any atom is -0.386 e. The number of alkyl halides is 3. The van der Waals surface area contributed by atoms with Crippen molar-refractivity contribution in [1.82, 2.24) is 15.2 Å². The van der Waals surface area contributed by atoms with Crippen LogP contribution < -0.4 is 5.32 Å². The second-order valence-corrected chi connectivity index (χ2v) is 7.27. The minimum atomic E-state index is -3.28. The first kappa shape index (κ1) is 21.2. The van der Waals surface area contributed by atoms with Crippen LogP contribution in [0.2, 0.25) is 0 Å². The lowest BCUT2D eigenvalue weighted by molar-refractivity contribution is -0.133. The number of pyridine rings is 1. The molecule has 6 nitrogen and oxygen atoms in total. The van der Waals surface area contributed by atoms with E-state index in [0.29, 0.717) is 18.8 Å². The van der Waals surface area contributed by atoms with Crippen molar-refractivity contribution >= 4 is 5.91 Å². The van der Waals surface area contributed by atoms with Crippen LogP contribution in [0.15, 0.2) is 42.6 Å². The van der Waals surface area contributed by atoms with E-state index in [1.807, 2.05) is 18.0 Å². The Morgan fingerprint density at radius 1 is 1.21 bits per heavy atom. The van der Waals surface area contributed by atoms with Gasteiger partial charge in [-0.05, 0) is 24.2 Å². The zero-order valence-electron chi connectivity index (χ0n) is 15.7. The van der Waals surface area contributed by atoms with Crippen molar-refractivity contribution in [1.29, 1.82) is 0 Å². The number of aliphatic hydroxyl groups excluding tert-OH is 1. The Hall–Kier alpha value is -2.49. The van der Waals surface area contributed by atoms with Gasteiger partial charge in [-0.25, -0.2) is 4.39 Å². The molecule has 0 radical (unpaired) electrons. The van der Waals surface area contributed by atoms with Crippen LogP contribution >= 0.6 is 0 Å². The summed E-state index contributed by atoms with van der Waals surface area (Å²) >= 11 is 0. The molecule has 0 spiro atoms. The summed E-state index contributed by atoms with van der Waals surface area (Å²) in [5.41, 5.74) is 1.48. The number of carbonyl (C=O) groups is 1. The number of amides is 1. The van der Waals surface area contributed by atoms with Gasteiger partial charge in [0.05, 0.1) is 11.7 Å². The van der Waals surface area contributed by atoms with E-state index >= 15 is 0 Å². The first-order valence-electron chi connectivity index (χ1n) is 9.04. The average Bonchev–Trinajstić information content (AvgIpc) is 2.70. The van der Waals surface area contributed by atoms with E-state index in [2.05, 4.69) is 4.98 Å². The van der Waals surface area contributed by atoms with Crippen LogP contribution in [0.4, 0.5) is 13.2 Å². The molecule has 1 aromatic heterocycles. The summed E-state index contributed by atoms with van der Waals surface area (Å²) < 4.78 is 37.8. The van der Waals surface area contributed by atoms with Gasteiger partial charge in [0, 0.05) is 24.8 Å². The molecular weight excluding hydrogens is 387 g/mol. The van der Waals surface area contributed by atoms with Gasteiger partial charge in [-0.2, -0.15) is 8.78 Å². The molecular formula is C20H22F3N3O3. The number of aliphatic hydroxyl groups is 2. The quantitative estimate of drug-likeness (QED) is 0.647. The van der Waals surface area contributed by atoms with Gasteiger partial charge in [0.25, 0.3) is 5.91 Å². The summed E-state index contributed by atoms with van der Waals surface area (Å²) in [4.78, 5) is 17.4. The van der Waals surface area contributed by atoms with Crippen LogP contribution in [-0.2, 0) is 10.4 Å². The van der Waals surface area contributed by atoms with E-state index in [9.17, 15) is 28.2 Å². The number of halogens is 3. The van der Waals surface area contributed by atoms with Gasteiger partial charge in [0.2, 0.25) is 0 Å². The fourth-order valence-electron chi connectivity index (χ4n) is 3.40. The molecule has 1 saturated heterocycles. The first-order chi connectivity index (χ1) is 13.7. The molecule has 3 N–H and O–H groups in total. The lowest BCUT2D eigenvalue weighted by atomic mass is 9.90. The van der Waals surface area contributed by atoms with Crippen LogP contribution in [0.25, 0.3) is 11.1 Å². The Morgan fingerprint density at radius 3 is 2.31 bits per heavy atom. The third-order valence-electron chi connectivity index (χ3n) is 4.96. The van der Waals surface area contributed by atoms with E-state index in [-0.39, 0.29) is 5.56 Å². The highest BCUT2D eigenvalue weighted by molar-refractivity contribution is 5.79. The predicted octanol–water partition coefficient (Wildman–Crippen LogP) is 1.63. The first-order valence-corrected chi connectivity index (χ1v) is 9.04. The van der Waals surface area contributed by atoms with Crippen LogP contribution in [0, 0.1) is 0 Å². The van der Waals surface area contributed by atoms with Crippen molar-refractivity contribution in [3.8, 4) is 11.1 Å². The molecule has 0 saturated carbocycles. The number of carbonyl (C=O) groups excluding carboxylic acids is 1. The lowest BCUT2D eigenvalue weighted by Gasteiger charge is -2.43. The Bertz CT molecular complexity index is 840. The summed E-state index contributed by atoms with van der Waals surface area (Å²) in [6, 6.07) is 8.50. The van der Waals surface area contributed by atoms with Crippen molar-refractivity contribution in [3.05, 3.63) is 53.9 Å². The molecule has 156 valence electrons. The fourth-order valence-corrected chi connectivity index (χ4v) is 3.40. The van der Waals surface area contributed by atoms with Gasteiger partial charge in [0.15, 0.2) is 0 Å². The number of hydrogen-bond acceptors (Lipinski definition) is 5. The van der Waals surface area contributed by atoms with E-state index < -0.39 is 36.8 Å². The zero-order valence-corrected chi connectivity index (χ0v) is 15.7. The number of benzene rings is 1. The summed E-state index contributed by atoms with van der Waals surface area (Å²) in [6.45, 7) is -0.154. The molecule has 0 bridgehead atoms. The highest BCUT2D eigenvalue weighted by Gasteiger charge is 2.41. The molecule has 0 aliphatic carbocycles. The van der Waals surface area contributed by atoms with E-state index in [1.165, 1.54) is 12.1 Å². The van der Waals surface area contributed by atoms with Gasteiger partial charge in [-0.3, -0.25) is 14.7 Å². The number of likely N-dealkylation sites (tertiary alicyclic amines) is 1. The Morgan fingerprint density at radius 2 is 1.83 bits per heavy atom. The predicted molar refractivity (Wildman–Crippen MR) is 99.9 cm³/mol. The smallest absolute Gasteiger partial charge is 0.315 e. The van der Waals surface area contributed by atoms with Gasteiger partial charge in [0.1, 0.15) is 18.4 Å². The van der Waals surface area contributed by atoms with Crippen molar-refractivity contribution in [2.24, 2.45) is 0 Å². The lowest BCUT2D eigenvalue weighted by Crippen LogP contribution is -2.57. The van der Waals surface area contributed by atoms with E-state index in [1.54, 1.807) is 29.7 Å². The molecule has 9 heteroatoms. The summed E-state index contributed by atoms with van der Waals surface area (Å²) in [6.07, 6.45) is -3.13. The normalized spacial score (nSPS) is 18.2. The van der Waals surface area contributed by atoms with Crippen LogP contribution in [-0.4, -0.2) is 65.3 Å². The van der Waals surface area contributed by atoms with Crippen LogP contribution in [0.1, 0.15) is 17.4 Å². The number of rotatable bonds is 7. The number of aromatic nitrogens is 1. The van der Waals surface area contributed by atoms with Crippen LogP contribution in [0.3, 0.4) is 0 Å². The molecule has 2 aromatic rings. The highest BCUT2D eigenvalue weighted by atomic mass is 19.3. The number of β-amino-alcohol motifs (C(OH)–C–C–N with tert-alkyl or cyclic N) is 1. The molecule has 1 aromatic carbocycles. The molecule has 1 amide bonds. The molecule has 2 unspecified atom stereocenters. The van der Waals surface area contributed by atoms with Gasteiger partial charge < -0.3 is 15.5 Å².